The van der Waals surface area contributed by atoms with E-state index >= 15 is 0 Å². The van der Waals surface area contributed by atoms with E-state index in [4.69, 9.17) is 28.9 Å². The Morgan fingerprint density at radius 2 is 1.57 bits per heavy atom. The molecule has 0 amide bonds. The van der Waals surface area contributed by atoms with Gasteiger partial charge in [-0.05, 0) is 42.5 Å². The number of nitrogens with two attached hydrogens (primary N) is 1. The molecular weight excluding hydrogens is 301 g/mol. The van der Waals surface area contributed by atoms with Crippen LogP contribution in [0.25, 0.3) is 0 Å². The van der Waals surface area contributed by atoms with Crippen LogP contribution in [0.1, 0.15) is 30.4 Å². The van der Waals surface area contributed by atoms with E-state index in [0.29, 0.717) is 16.5 Å². The molecule has 2 aromatic rings. The summed E-state index contributed by atoms with van der Waals surface area (Å²) in [5, 5.41) is 1.42. The van der Waals surface area contributed by atoms with Crippen LogP contribution in [0.2, 0.25) is 10.0 Å². The second-order valence-electron chi connectivity index (χ2n) is 5.89. The molecule has 1 atom stereocenters. The van der Waals surface area contributed by atoms with Crippen LogP contribution in [0, 0.1) is 0 Å². The minimum absolute atomic E-state index is 0.0334. The van der Waals surface area contributed by atoms with Gasteiger partial charge in [-0.2, -0.15) is 0 Å². The van der Waals surface area contributed by atoms with Crippen molar-refractivity contribution in [3.8, 4) is 0 Å². The second-order valence-corrected chi connectivity index (χ2v) is 6.70. The molecule has 0 bridgehead atoms. The van der Waals surface area contributed by atoms with Crippen LogP contribution in [0.3, 0.4) is 0 Å². The lowest BCUT2D eigenvalue weighted by molar-refractivity contribution is 0.194. The van der Waals surface area contributed by atoms with Gasteiger partial charge in [0, 0.05) is 21.5 Å². The fraction of sp³-hybridized carbons (Fsp3) is 0.333. The Morgan fingerprint density at radius 1 is 0.952 bits per heavy atom. The fourth-order valence-corrected chi connectivity index (χ4v) is 3.90. The van der Waals surface area contributed by atoms with Crippen molar-refractivity contribution in [2.45, 2.75) is 37.1 Å². The van der Waals surface area contributed by atoms with Crippen molar-refractivity contribution in [1.82, 2.24) is 0 Å². The van der Waals surface area contributed by atoms with Gasteiger partial charge in [0.1, 0.15) is 0 Å². The Bertz CT molecular complexity index is 600. The number of benzene rings is 2. The lowest BCUT2D eigenvalue weighted by atomic mass is 9.59. The summed E-state index contributed by atoms with van der Waals surface area (Å²) >= 11 is 12.6. The summed E-state index contributed by atoms with van der Waals surface area (Å²) in [6.07, 6.45) is 4.23. The van der Waals surface area contributed by atoms with Crippen LogP contribution in [0.4, 0.5) is 0 Å². The number of rotatable bonds is 4. The Morgan fingerprint density at radius 3 is 2.10 bits per heavy atom. The summed E-state index contributed by atoms with van der Waals surface area (Å²) in [6, 6.07) is 16.3. The molecule has 1 nitrogen and oxygen atoms in total. The standard InChI is InChI=1S/C18H19Cl2N/c19-15-8-4-9-16(20)14(15)12-17(21)18(10-5-11-18)13-6-2-1-3-7-13/h1-4,6-9,17H,5,10-12,21H2. The summed E-state index contributed by atoms with van der Waals surface area (Å²) in [7, 11) is 0. The third-order valence-electron chi connectivity index (χ3n) is 4.79. The Hall–Kier alpha value is -1.02. The van der Waals surface area contributed by atoms with Crippen molar-refractivity contribution in [2.75, 3.05) is 0 Å². The minimum Gasteiger partial charge on any atom is -0.327 e. The first-order valence-electron chi connectivity index (χ1n) is 7.37. The summed E-state index contributed by atoms with van der Waals surface area (Å²) in [5.41, 5.74) is 8.98. The highest BCUT2D eigenvalue weighted by atomic mass is 35.5. The maximum absolute atomic E-state index is 6.60. The van der Waals surface area contributed by atoms with Gasteiger partial charge in [-0.1, -0.05) is 66.0 Å². The van der Waals surface area contributed by atoms with Crippen LogP contribution in [-0.4, -0.2) is 6.04 Å². The van der Waals surface area contributed by atoms with Gasteiger partial charge >= 0.3 is 0 Å². The molecule has 2 N–H and O–H groups in total. The van der Waals surface area contributed by atoms with Gasteiger partial charge < -0.3 is 5.73 Å². The molecule has 1 aliphatic carbocycles. The average Bonchev–Trinajstić information content (AvgIpc) is 2.43. The molecule has 21 heavy (non-hydrogen) atoms. The van der Waals surface area contributed by atoms with Gasteiger partial charge in [-0.3, -0.25) is 0 Å². The van der Waals surface area contributed by atoms with Crippen molar-refractivity contribution in [3.05, 3.63) is 69.7 Å². The van der Waals surface area contributed by atoms with Crippen molar-refractivity contribution in [3.63, 3.8) is 0 Å². The van der Waals surface area contributed by atoms with Crippen LogP contribution < -0.4 is 5.73 Å². The molecule has 0 saturated heterocycles. The monoisotopic (exact) mass is 319 g/mol. The van der Waals surface area contributed by atoms with Gasteiger partial charge in [0.15, 0.2) is 0 Å². The van der Waals surface area contributed by atoms with Gasteiger partial charge in [0.25, 0.3) is 0 Å². The molecule has 0 spiro atoms. The Balaban J connectivity index is 1.89. The van der Waals surface area contributed by atoms with Crippen molar-refractivity contribution >= 4 is 23.2 Å². The minimum atomic E-state index is 0.0334. The van der Waals surface area contributed by atoms with E-state index in [1.54, 1.807) is 0 Å². The number of hydrogen-bond donors (Lipinski definition) is 1. The highest BCUT2D eigenvalue weighted by Crippen LogP contribution is 2.47. The van der Waals surface area contributed by atoms with Gasteiger partial charge in [-0.15, -0.1) is 0 Å². The summed E-state index contributed by atoms with van der Waals surface area (Å²) in [5.74, 6) is 0. The quantitative estimate of drug-likeness (QED) is 0.844. The molecule has 3 rings (SSSR count). The van der Waals surface area contributed by atoms with Crippen LogP contribution in [0.5, 0.6) is 0 Å². The molecule has 2 aromatic carbocycles. The van der Waals surface area contributed by atoms with Crippen molar-refractivity contribution in [1.29, 1.82) is 0 Å². The Kier molecular flexibility index (Phi) is 4.26. The molecular formula is C18H19Cl2N. The fourth-order valence-electron chi connectivity index (χ4n) is 3.34. The lowest BCUT2D eigenvalue weighted by Crippen LogP contribution is -2.51. The van der Waals surface area contributed by atoms with E-state index in [2.05, 4.69) is 24.3 Å². The molecule has 0 radical (unpaired) electrons. The van der Waals surface area contributed by atoms with E-state index in [1.165, 1.54) is 12.0 Å². The molecule has 0 heterocycles. The van der Waals surface area contributed by atoms with Crippen molar-refractivity contribution < 1.29 is 0 Å². The summed E-state index contributed by atoms with van der Waals surface area (Å²) < 4.78 is 0. The molecule has 0 aliphatic heterocycles. The van der Waals surface area contributed by atoms with E-state index in [1.807, 2.05) is 24.3 Å². The van der Waals surface area contributed by atoms with Gasteiger partial charge in [-0.25, -0.2) is 0 Å². The topological polar surface area (TPSA) is 26.0 Å². The third-order valence-corrected chi connectivity index (χ3v) is 5.50. The highest BCUT2D eigenvalue weighted by molar-refractivity contribution is 6.36. The second kappa shape index (κ2) is 6.00. The van der Waals surface area contributed by atoms with E-state index < -0.39 is 0 Å². The molecule has 110 valence electrons. The zero-order valence-corrected chi connectivity index (χ0v) is 13.4. The van der Waals surface area contributed by atoms with Crippen LogP contribution >= 0.6 is 23.2 Å². The van der Waals surface area contributed by atoms with Gasteiger partial charge in [0.05, 0.1) is 0 Å². The first kappa shape index (κ1) is 14.9. The maximum Gasteiger partial charge on any atom is 0.0453 e. The Labute approximate surface area is 136 Å². The maximum atomic E-state index is 6.60. The van der Waals surface area contributed by atoms with E-state index in [-0.39, 0.29) is 11.5 Å². The molecule has 3 heteroatoms. The largest absolute Gasteiger partial charge is 0.327 e. The summed E-state index contributed by atoms with van der Waals surface area (Å²) in [6.45, 7) is 0. The highest BCUT2D eigenvalue weighted by Gasteiger charge is 2.43. The SMILES string of the molecule is NC(Cc1c(Cl)cccc1Cl)C1(c2ccccc2)CCC1. The van der Waals surface area contributed by atoms with E-state index in [9.17, 15) is 0 Å². The molecule has 1 unspecified atom stereocenters. The van der Waals surface area contributed by atoms with Crippen LogP contribution in [-0.2, 0) is 11.8 Å². The smallest absolute Gasteiger partial charge is 0.0453 e. The molecule has 1 saturated carbocycles. The van der Waals surface area contributed by atoms with Crippen LogP contribution in [0.15, 0.2) is 48.5 Å². The zero-order valence-electron chi connectivity index (χ0n) is 11.9. The van der Waals surface area contributed by atoms with E-state index in [0.717, 1.165) is 18.4 Å². The molecule has 0 aromatic heterocycles. The zero-order chi connectivity index (χ0) is 14.9. The average molecular weight is 320 g/mol. The predicted octanol–water partition coefficient (Wildman–Crippen LogP) is 4.99. The normalized spacial score (nSPS) is 18.0. The first-order valence-corrected chi connectivity index (χ1v) is 8.13. The predicted molar refractivity (Wildman–Crippen MR) is 90.1 cm³/mol. The summed E-state index contributed by atoms with van der Waals surface area (Å²) in [4.78, 5) is 0. The molecule has 1 fully saturated rings. The molecule has 1 aliphatic rings. The number of hydrogen-bond acceptors (Lipinski definition) is 1. The van der Waals surface area contributed by atoms with Gasteiger partial charge in [0.2, 0.25) is 0 Å². The number of halogens is 2. The third kappa shape index (κ3) is 2.70. The van der Waals surface area contributed by atoms with Crippen molar-refractivity contribution in [2.24, 2.45) is 5.73 Å². The first-order chi connectivity index (χ1) is 10.1. The lowest BCUT2D eigenvalue weighted by Gasteiger charge is -2.47.